The minimum Gasteiger partial charge on any atom is -0.480 e. The Labute approximate surface area is 165 Å². The molecule has 2 heterocycles. The van der Waals surface area contributed by atoms with Gasteiger partial charge in [0.05, 0.1) is 6.54 Å². The van der Waals surface area contributed by atoms with E-state index in [1.165, 1.54) is 16.3 Å². The van der Waals surface area contributed by atoms with Gasteiger partial charge in [-0.15, -0.1) is 0 Å². The Bertz CT molecular complexity index is 856. The van der Waals surface area contributed by atoms with E-state index in [2.05, 4.69) is 47.4 Å². The molecule has 6 heteroatoms. The zero-order valence-electron chi connectivity index (χ0n) is 16.1. The normalized spacial score (nSPS) is 21.3. The number of fused-ring (bicyclic) bond motifs is 1. The van der Waals surface area contributed by atoms with Crippen LogP contribution < -0.4 is 0 Å². The van der Waals surface area contributed by atoms with Crippen LogP contribution in [0.1, 0.15) is 18.4 Å². The molecule has 1 N–H and O–H groups in total. The van der Waals surface area contributed by atoms with Crippen LogP contribution in [0.15, 0.2) is 42.5 Å². The first-order valence-electron chi connectivity index (χ1n) is 10.1. The van der Waals surface area contributed by atoms with E-state index < -0.39 is 12.0 Å². The van der Waals surface area contributed by atoms with Crippen molar-refractivity contribution in [2.24, 2.45) is 0 Å². The third-order valence-electron chi connectivity index (χ3n) is 5.99. The van der Waals surface area contributed by atoms with Crippen LogP contribution in [0.3, 0.4) is 0 Å². The van der Waals surface area contributed by atoms with Crippen LogP contribution in [-0.2, 0) is 16.1 Å². The molecule has 2 aromatic carbocycles. The molecule has 0 radical (unpaired) electrons. The van der Waals surface area contributed by atoms with Gasteiger partial charge in [0.2, 0.25) is 5.91 Å². The van der Waals surface area contributed by atoms with Gasteiger partial charge in [0.1, 0.15) is 6.04 Å². The number of carbonyl (C=O) groups excluding carboxylic acids is 1. The summed E-state index contributed by atoms with van der Waals surface area (Å²) in [5.74, 6) is -0.761. The number of hydrogen-bond acceptors (Lipinski definition) is 4. The van der Waals surface area contributed by atoms with Gasteiger partial charge in [-0.05, 0) is 35.7 Å². The van der Waals surface area contributed by atoms with Gasteiger partial charge in [0.25, 0.3) is 0 Å². The van der Waals surface area contributed by atoms with E-state index in [1.807, 2.05) is 9.80 Å². The van der Waals surface area contributed by atoms with E-state index in [1.54, 1.807) is 0 Å². The Kier molecular flexibility index (Phi) is 5.59. The minimum absolute atomic E-state index is 0.0537. The summed E-state index contributed by atoms with van der Waals surface area (Å²) in [6.07, 6.45) is 1.49. The smallest absolute Gasteiger partial charge is 0.320 e. The molecule has 0 spiro atoms. The first-order valence-corrected chi connectivity index (χ1v) is 10.1. The highest BCUT2D eigenvalue weighted by Gasteiger charge is 2.33. The summed E-state index contributed by atoms with van der Waals surface area (Å²) in [6.45, 7) is 4.90. The summed E-state index contributed by atoms with van der Waals surface area (Å²) >= 11 is 0. The summed E-state index contributed by atoms with van der Waals surface area (Å²) in [5, 5.41) is 11.8. The van der Waals surface area contributed by atoms with E-state index in [0.717, 1.165) is 26.1 Å². The first-order chi connectivity index (χ1) is 13.6. The quantitative estimate of drug-likeness (QED) is 0.859. The molecule has 2 aliphatic heterocycles. The SMILES string of the molecule is O=C(O)C1CCCN1CC(=O)N1CCN(Cc2cccc3ccccc23)CC1. The second-order valence-electron chi connectivity index (χ2n) is 7.76. The topological polar surface area (TPSA) is 64.1 Å². The third kappa shape index (κ3) is 4.03. The number of aliphatic carboxylic acids is 1. The summed E-state index contributed by atoms with van der Waals surface area (Å²) < 4.78 is 0. The van der Waals surface area contributed by atoms with Gasteiger partial charge in [0.15, 0.2) is 0 Å². The van der Waals surface area contributed by atoms with Gasteiger partial charge in [-0.25, -0.2) is 0 Å². The van der Waals surface area contributed by atoms with Crippen LogP contribution in [0.2, 0.25) is 0 Å². The van der Waals surface area contributed by atoms with E-state index in [4.69, 9.17) is 0 Å². The van der Waals surface area contributed by atoms with Gasteiger partial charge in [-0.2, -0.15) is 0 Å². The molecule has 148 valence electrons. The molecular formula is C22H27N3O3. The molecule has 2 aliphatic rings. The molecule has 0 aliphatic carbocycles. The number of benzene rings is 2. The third-order valence-corrected chi connectivity index (χ3v) is 5.99. The van der Waals surface area contributed by atoms with Crippen molar-refractivity contribution in [3.8, 4) is 0 Å². The average molecular weight is 381 g/mol. The van der Waals surface area contributed by atoms with Crippen LogP contribution in [0.25, 0.3) is 10.8 Å². The fourth-order valence-electron chi connectivity index (χ4n) is 4.40. The van der Waals surface area contributed by atoms with Gasteiger partial charge in [-0.1, -0.05) is 42.5 Å². The molecule has 0 saturated carbocycles. The molecule has 6 nitrogen and oxygen atoms in total. The number of carboxylic acid groups (broad SMARTS) is 1. The van der Waals surface area contributed by atoms with Crippen LogP contribution in [0.5, 0.6) is 0 Å². The molecule has 2 saturated heterocycles. The van der Waals surface area contributed by atoms with Crippen LogP contribution in [0.4, 0.5) is 0 Å². The molecule has 2 fully saturated rings. The molecule has 2 aromatic rings. The highest BCUT2D eigenvalue weighted by atomic mass is 16.4. The molecule has 4 rings (SSSR count). The largest absolute Gasteiger partial charge is 0.480 e. The van der Waals surface area contributed by atoms with Gasteiger partial charge >= 0.3 is 5.97 Å². The summed E-state index contributed by atoms with van der Waals surface area (Å²) in [5.41, 5.74) is 1.32. The molecule has 1 atom stereocenters. The Hall–Kier alpha value is -2.44. The number of carbonyl (C=O) groups is 2. The molecular weight excluding hydrogens is 354 g/mol. The Morgan fingerprint density at radius 2 is 1.71 bits per heavy atom. The fraction of sp³-hybridized carbons (Fsp3) is 0.455. The Balaban J connectivity index is 1.32. The van der Waals surface area contributed by atoms with Crippen molar-refractivity contribution in [1.29, 1.82) is 0 Å². The first kappa shape index (κ1) is 18.9. The summed E-state index contributed by atoms with van der Waals surface area (Å²) in [4.78, 5) is 30.0. The van der Waals surface area contributed by atoms with E-state index in [-0.39, 0.29) is 12.5 Å². The number of amides is 1. The number of rotatable bonds is 5. The molecule has 28 heavy (non-hydrogen) atoms. The lowest BCUT2D eigenvalue weighted by molar-refractivity contribution is -0.143. The maximum Gasteiger partial charge on any atom is 0.320 e. The zero-order chi connectivity index (χ0) is 19.5. The van der Waals surface area contributed by atoms with Crippen molar-refractivity contribution in [1.82, 2.24) is 14.7 Å². The number of hydrogen-bond donors (Lipinski definition) is 1. The molecule has 1 unspecified atom stereocenters. The number of nitrogens with zero attached hydrogens (tertiary/aromatic N) is 3. The number of piperazine rings is 1. The fourth-order valence-corrected chi connectivity index (χ4v) is 4.40. The van der Waals surface area contributed by atoms with E-state index in [9.17, 15) is 14.7 Å². The maximum absolute atomic E-state index is 12.6. The van der Waals surface area contributed by atoms with E-state index >= 15 is 0 Å². The molecule has 0 aromatic heterocycles. The van der Waals surface area contributed by atoms with Gasteiger partial charge in [-0.3, -0.25) is 19.4 Å². The lowest BCUT2D eigenvalue weighted by Crippen LogP contribution is -2.51. The Morgan fingerprint density at radius 3 is 2.50 bits per heavy atom. The molecule has 1 amide bonds. The lowest BCUT2D eigenvalue weighted by Gasteiger charge is -2.36. The predicted octanol–water partition coefficient (Wildman–Crippen LogP) is 2.03. The average Bonchev–Trinajstić information content (AvgIpc) is 3.17. The summed E-state index contributed by atoms with van der Waals surface area (Å²) in [7, 11) is 0. The number of carboxylic acids is 1. The van der Waals surface area contributed by atoms with Crippen molar-refractivity contribution in [2.45, 2.75) is 25.4 Å². The van der Waals surface area contributed by atoms with E-state index in [0.29, 0.717) is 26.1 Å². The van der Waals surface area contributed by atoms with Crippen molar-refractivity contribution in [2.75, 3.05) is 39.3 Å². The molecule has 0 bridgehead atoms. The Morgan fingerprint density at radius 1 is 0.964 bits per heavy atom. The van der Waals surface area contributed by atoms with Crippen molar-refractivity contribution < 1.29 is 14.7 Å². The predicted molar refractivity (Wildman–Crippen MR) is 108 cm³/mol. The van der Waals surface area contributed by atoms with Crippen molar-refractivity contribution >= 4 is 22.6 Å². The lowest BCUT2D eigenvalue weighted by atomic mass is 10.0. The zero-order valence-corrected chi connectivity index (χ0v) is 16.1. The standard InChI is InChI=1S/C22H27N3O3/c26-21(16-25-10-4-9-20(25)22(27)28)24-13-11-23(12-14-24)15-18-7-3-6-17-5-1-2-8-19(17)18/h1-3,5-8,20H,4,9-16H2,(H,27,28). The van der Waals surface area contributed by atoms with Gasteiger partial charge < -0.3 is 10.0 Å². The van der Waals surface area contributed by atoms with Crippen LogP contribution >= 0.6 is 0 Å². The summed E-state index contributed by atoms with van der Waals surface area (Å²) in [6, 6.07) is 14.4. The van der Waals surface area contributed by atoms with Crippen LogP contribution in [0, 0.1) is 0 Å². The second-order valence-corrected chi connectivity index (χ2v) is 7.76. The highest BCUT2D eigenvalue weighted by molar-refractivity contribution is 5.85. The number of likely N-dealkylation sites (tertiary alicyclic amines) is 1. The maximum atomic E-state index is 12.6. The van der Waals surface area contributed by atoms with Gasteiger partial charge in [0, 0.05) is 32.7 Å². The highest BCUT2D eigenvalue weighted by Crippen LogP contribution is 2.21. The van der Waals surface area contributed by atoms with Crippen molar-refractivity contribution in [3.05, 3.63) is 48.0 Å². The van der Waals surface area contributed by atoms with Crippen LogP contribution in [-0.4, -0.2) is 77.0 Å². The van der Waals surface area contributed by atoms with Crippen molar-refractivity contribution in [3.63, 3.8) is 0 Å². The monoisotopic (exact) mass is 381 g/mol. The minimum atomic E-state index is -0.815. The second kappa shape index (κ2) is 8.29.